The average molecular weight is 248 g/mol. The summed E-state index contributed by atoms with van der Waals surface area (Å²) in [5.74, 6) is 2.54. The first-order valence-corrected chi connectivity index (χ1v) is 7.05. The lowest BCUT2D eigenvalue weighted by Gasteiger charge is -2.21. The maximum absolute atomic E-state index is 4.40. The van der Waals surface area contributed by atoms with Crippen LogP contribution < -0.4 is 10.6 Å². The van der Waals surface area contributed by atoms with Crippen LogP contribution in [0.4, 0.5) is 11.8 Å². The number of hydrogen-bond acceptors (Lipinski definition) is 4. The van der Waals surface area contributed by atoms with Crippen LogP contribution in [0.15, 0.2) is 6.07 Å². The molecule has 1 fully saturated rings. The minimum absolute atomic E-state index is 0.690. The van der Waals surface area contributed by atoms with Crippen LogP contribution in [-0.2, 0) is 0 Å². The number of anilines is 2. The van der Waals surface area contributed by atoms with Gasteiger partial charge in [-0.2, -0.15) is 4.98 Å². The van der Waals surface area contributed by atoms with E-state index in [-0.39, 0.29) is 0 Å². The van der Waals surface area contributed by atoms with Gasteiger partial charge in [-0.3, -0.25) is 0 Å². The standard InChI is InChI=1S/C14H24N4/c1-11-10-13(18-14(15-2)17-11)16-9-8-12-6-4-3-5-7-12/h10,12H,3-9H2,1-2H3,(H2,15,16,17,18). The first kappa shape index (κ1) is 13.1. The summed E-state index contributed by atoms with van der Waals surface area (Å²) in [7, 11) is 1.85. The van der Waals surface area contributed by atoms with Gasteiger partial charge in [0.05, 0.1) is 0 Å². The summed E-state index contributed by atoms with van der Waals surface area (Å²) < 4.78 is 0. The molecule has 0 spiro atoms. The molecule has 1 aromatic heterocycles. The van der Waals surface area contributed by atoms with Gasteiger partial charge in [-0.15, -0.1) is 0 Å². The van der Waals surface area contributed by atoms with Crippen molar-refractivity contribution < 1.29 is 0 Å². The minimum atomic E-state index is 0.690. The van der Waals surface area contributed by atoms with Crippen molar-refractivity contribution in [1.29, 1.82) is 0 Å². The van der Waals surface area contributed by atoms with Crippen LogP contribution in [-0.4, -0.2) is 23.6 Å². The molecule has 0 bridgehead atoms. The van der Waals surface area contributed by atoms with E-state index in [9.17, 15) is 0 Å². The molecule has 1 aromatic rings. The molecule has 0 radical (unpaired) electrons. The highest BCUT2D eigenvalue weighted by Gasteiger charge is 2.12. The second-order valence-electron chi connectivity index (χ2n) is 5.19. The average Bonchev–Trinajstić information content (AvgIpc) is 2.39. The Kier molecular flexibility index (Phi) is 4.79. The van der Waals surface area contributed by atoms with Crippen LogP contribution >= 0.6 is 0 Å². The van der Waals surface area contributed by atoms with Gasteiger partial charge in [-0.05, 0) is 19.3 Å². The quantitative estimate of drug-likeness (QED) is 0.840. The van der Waals surface area contributed by atoms with E-state index in [4.69, 9.17) is 0 Å². The summed E-state index contributed by atoms with van der Waals surface area (Å²) in [6.07, 6.45) is 8.35. The third-order valence-corrected chi connectivity index (χ3v) is 3.66. The third kappa shape index (κ3) is 3.86. The largest absolute Gasteiger partial charge is 0.370 e. The Labute approximate surface area is 110 Å². The van der Waals surface area contributed by atoms with E-state index in [0.29, 0.717) is 5.95 Å². The highest BCUT2D eigenvalue weighted by molar-refractivity contribution is 5.41. The van der Waals surface area contributed by atoms with Gasteiger partial charge in [0.2, 0.25) is 5.95 Å². The van der Waals surface area contributed by atoms with Gasteiger partial charge in [0, 0.05) is 25.4 Å². The molecule has 4 nitrogen and oxygen atoms in total. The van der Waals surface area contributed by atoms with Crippen molar-refractivity contribution >= 4 is 11.8 Å². The zero-order valence-electron chi connectivity index (χ0n) is 11.5. The van der Waals surface area contributed by atoms with Gasteiger partial charge < -0.3 is 10.6 Å². The van der Waals surface area contributed by atoms with Crippen LogP contribution in [0, 0.1) is 12.8 Å². The molecule has 2 rings (SSSR count). The molecule has 18 heavy (non-hydrogen) atoms. The highest BCUT2D eigenvalue weighted by atomic mass is 15.1. The molecule has 2 N–H and O–H groups in total. The Morgan fingerprint density at radius 2 is 2.00 bits per heavy atom. The Balaban J connectivity index is 1.80. The Morgan fingerprint density at radius 3 is 2.72 bits per heavy atom. The lowest BCUT2D eigenvalue weighted by Crippen LogP contribution is -2.13. The summed E-state index contributed by atoms with van der Waals surface area (Å²) in [6.45, 7) is 3.01. The molecule has 0 aliphatic heterocycles. The number of aromatic nitrogens is 2. The van der Waals surface area contributed by atoms with E-state index in [1.165, 1.54) is 38.5 Å². The summed E-state index contributed by atoms with van der Waals surface area (Å²) in [4.78, 5) is 8.69. The molecule has 100 valence electrons. The summed E-state index contributed by atoms with van der Waals surface area (Å²) in [6, 6.07) is 2.00. The number of nitrogens with one attached hydrogen (secondary N) is 2. The molecule has 0 aromatic carbocycles. The molecule has 0 saturated heterocycles. The molecule has 1 aliphatic rings. The van der Waals surface area contributed by atoms with E-state index in [0.717, 1.165) is 24.0 Å². The maximum Gasteiger partial charge on any atom is 0.224 e. The van der Waals surface area contributed by atoms with E-state index < -0.39 is 0 Å². The maximum atomic E-state index is 4.40. The summed E-state index contributed by atoms with van der Waals surface area (Å²) in [5.41, 5.74) is 0.995. The molecule has 0 unspecified atom stereocenters. The van der Waals surface area contributed by atoms with Gasteiger partial charge in [0.15, 0.2) is 0 Å². The number of nitrogens with zero attached hydrogens (tertiary/aromatic N) is 2. The predicted octanol–water partition coefficient (Wildman–Crippen LogP) is 3.21. The fourth-order valence-electron chi connectivity index (χ4n) is 2.65. The molecule has 0 atom stereocenters. The predicted molar refractivity (Wildman–Crippen MR) is 76.0 cm³/mol. The number of rotatable bonds is 5. The van der Waals surface area contributed by atoms with E-state index in [1.54, 1.807) is 0 Å². The van der Waals surface area contributed by atoms with Gasteiger partial charge in [-0.1, -0.05) is 32.1 Å². The van der Waals surface area contributed by atoms with Gasteiger partial charge in [0.25, 0.3) is 0 Å². The van der Waals surface area contributed by atoms with Crippen molar-refractivity contribution in [3.63, 3.8) is 0 Å². The molecule has 4 heteroatoms. The Hall–Kier alpha value is -1.32. The fourth-order valence-corrected chi connectivity index (χ4v) is 2.65. The molecule has 1 aliphatic carbocycles. The molecule has 1 heterocycles. The Bertz CT molecular complexity index is 372. The van der Waals surface area contributed by atoms with Crippen LogP contribution in [0.2, 0.25) is 0 Å². The van der Waals surface area contributed by atoms with Gasteiger partial charge >= 0.3 is 0 Å². The van der Waals surface area contributed by atoms with Crippen LogP contribution in [0.1, 0.15) is 44.2 Å². The minimum Gasteiger partial charge on any atom is -0.370 e. The zero-order chi connectivity index (χ0) is 12.8. The van der Waals surface area contributed by atoms with E-state index in [2.05, 4.69) is 20.6 Å². The lowest BCUT2D eigenvalue weighted by atomic mass is 9.87. The van der Waals surface area contributed by atoms with Crippen LogP contribution in [0.5, 0.6) is 0 Å². The van der Waals surface area contributed by atoms with Crippen molar-refractivity contribution in [3.05, 3.63) is 11.8 Å². The zero-order valence-corrected chi connectivity index (χ0v) is 11.5. The first-order valence-electron chi connectivity index (χ1n) is 7.05. The Morgan fingerprint density at radius 1 is 1.22 bits per heavy atom. The number of hydrogen-bond donors (Lipinski definition) is 2. The second-order valence-corrected chi connectivity index (χ2v) is 5.19. The van der Waals surface area contributed by atoms with Crippen molar-refractivity contribution in [2.75, 3.05) is 24.2 Å². The van der Waals surface area contributed by atoms with Crippen LogP contribution in [0.3, 0.4) is 0 Å². The molecule has 1 saturated carbocycles. The normalized spacial score (nSPS) is 16.6. The smallest absolute Gasteiger partial charge is 0.224 e. The van der Waals surface area contributed by atoms with Crippen molar-refractivity contribution in [2.45, 2.75) is 45.4 Å². The molecular formula is C14H24N4. The van der Waals surface area contributed by atoms with Crippen molar-refractivity contribution in [2.24, 2.45) is 5.92 Å². The van der Waals surface area contributed by atoms with Gasteiger partial charge in [-0.25, -0.2) is 4.98 Å². The number of aryl methyl sites for hydroxylation is 1. The molecule has 0 amide bonds. The topological polar surface area (TPSA) is 49.8 Å². The summed E-state index contributed by atoms with van der Waals surface area (Å²) in [5, 5.41) is 6.40. The highest BCUT2D eigenvalue weighted by Crippen LogP contribution is 2.26. The van der Waals surface area contributed by atoms with Crippen LogP contribution in [0.25, 0.3) is 0 Å². The molecular weight excluding hydrogens is 224 g/mol. The monoisotopic (exact) mass is 248 g/mol. The van der Waals surface area contributed by atoms with E-state index in [1.807, 2.05) is 20.0 Å². The third-order valence-electron chi connectivity index (χ3n) is 3.66. The second kappa shape index (κ2) is 6.57. The van der Waals surface area contributed by atoms with E-state index >= 15 is 0 Å². The van der Waals surface area contributed by atoms with Gasteiger partial charge in [0.1, 0.15) is 5.82 Å². The SMILES string of the molecule is CNc1nc(C)cc(NCCC2CCCCC2)n1. The fraction of sp³-hybridized carbons (Fsp3) is 0.714. The first-order chi connectivity index (χ1) is 8.78. The summed E-state index contributed by atoms with van der Waals surface area (Å²) >= 11 is 0. The van der Waals surface area contributed by atoms with Crippen molar-refractivity contribution in [1.82, 2.24) is 9.97 Å². The lowest BCUT2D eigenvalue weighted by molar-refractivity contribution is 0.345. The van der Waals surface area contributed by atoms with Crippen molar-refractivity contribution in [3.8, 4) is 0 Å².